The molecule has 0 radical (unpaired) electrons. The third-order valence-corrected chi connectivity index (χ3v) is 7.86. The number of hydrogen-bond acceptors (Lipinski definition) is 4. The molecular weight excluding hydrogens is 369 g/mol. The largest absolute Gasteiger partial charge is 0.347 e. The molecule has 0 aliphatic carbocycles. The zero-order valence-electron chi connectivity index (χ0n) is 19.8. The maximum absolute atomic E-state index is 13.9. The first kappa shape index (κ1) is 28.1. The average Bonchev–Trinajstić information content (AvgIpc) is 2.71. The van der Waals surface area contributed by atoms with E-state index in [4.69, 9.17) is 9.05 Å². The van der Waals surface area contributed by atoms with Crippen LogP contribution in [0.1, 0.15) is 112 Å². The Kier molecular flexibility index (Phi) is 18.0. The van der Waals surface area contributed by atoms with E-state index < -0.39 is 7.60 Å². The lowest BCUT2D eigenvalue weighted by Crippen LogP contribution is -2.32. The topological polar surface area (TPSA) is 47.6 Å². The van der Waals surface area contributed by atoms with E-state index in [0.29, 0.717) is 25.0 Å². The molecule has 3 unspecified atom stereocenters. The fraction of sp³-hybridized carbons (Fsp3) is 1.00. The Morgan fingerprint density at radius 3 is 1.57 bits per heavy atom. The molecule has 0 saturated heterocycles. The molecule has 3 atom stereocenters. The maximum atomic E-state index is 13.9. The smallest absolute Gasteiger partial charge is 0.307 e. The Morgan fingerprint density at radius 1 is 0.714 bits per heavy atom. The Labute approximate surface area is 176 Å². The molecule has 0 aromatic heterocycles. The predicted octanol–water partition coefficient (Wildman–Crippen LogP) is 7.77. The molecule has 0 aliphatic rings. The molecule has 0 aromatic rings. The van der Waals surface area contributed by atoms with Gasteiger partial charge in [-0.15, -0.1) is 0 Å². The second kappa shape index (κ2) is 17.9. The van der Waals surface area contributed by atoms with E-state index in [1.807, 2.05) is 0 Å². The minimum absolute atomic E-state index is 0.190. The summed E-state index contributed by atoms with van der Waals surface area (Å²) in [5.74, 6) is 0.740. The second-order valence-corrected chi connectivity index (χ2v) is 10.4. The molecule has 0 saturated carbocycles. The van der Waals surface area contributed by atoms with Gasteiger partial charge < -0.3 is 14.4 Å². The highest BCUT2D eigenvalue weighted by molar-refractivity contribution is 7.54. The summed E-state index contributed by atoms with van der Waals surface area (Å²) < 4.78 is 26.2. The zero-order valence-corrected chi connectivity index (χ0v) is 20.7. The lowest BCUT2D eigenvalue weighted by Gasteiger charge is -2.30. The van der Waals surface area contributed by atoms with Gasteiger partial charge in [0.15, 0.2) is 0 Å². The summed E-state index contributed by atoms with van der Waals surface area (Å²) >= 11 is 0. The zero-order chi connectivity index (χ0) is 21.3. The van der Waals surface area contributed by atoms with E-state index in [-0.39, 0.29) is 5.78 Å². The summed E-state index contributed by atoms with van der Waals surface area (Å²) in [6, 6.07) is 0. The number of nitrogens with one attached hydrogen (secondary N) is 1. The monoisotopic (exact) mass is 419 g/mol. The summed E-state index contributed by atoms with van der Waals surface area (Å²) in [6.45, 7) is 15.1. The van der Waals surface area contributed by atoms with Crippen molar-refractivity contribution >= 4 is 7.60 Å². The van der Waals surface area contributed by atoms with Crippen LogP contribution >= 0.6 is 7.60 Å². The molecule has 0 rings (SSSR count). The molecule has 0 aromatic carbocycles. The summed E-state index contributed by atoms with van der Waals surface area (Å²) in [4.78, 5) is 0. The third-order valence-electron chi connectivity index (χ3n) is 5.64. The van der Waals surface area contributed by atoms with E-state index in [1.54, 1.807) is 0 Å². The predicted molar refractivity (Wildman–Crippen MR) is 123 cm³/mol. The summed E-state index contributed by atoms with van der Waals surface area (Å²) in [7, 11) is -3.19. The molecular formula is C23H50NO3P. The molecule has 0 bridgehead atoms. The normalized spacial score (nSPS) is 17.2. The van der Waals surface area contributed by atoms with Crippen molar-refractivity contribution in [1.82, 2.24) is 5.32 Å². The highest BCUT2D eigenvalue weighted by Gasteiger charge is 2.36. The van der Waals surface area contributed by atoms with Crippen molar-refractivity contribution in [3.63, 3.8) is 0 Å². The van der Waals surface area contributed by atoms with E-state index in [1.165, 1.54) is 25.7 Å². The molecule has 5 heteroatoms. The van der Waals surface area contributed by atoms with Gasteiger partial charge in [-0.25, -0.2) is 0 Å². The first-order chi connectivity index (χ1) is 13.5. The lowest BCUT2D eigenvalue weighted by molar-refractivity contribution is 0.142. The minimum atomic E-state index is -3.19. The van der Waals surface area contributed by atoms with Crippen LogP contribution < -0.4 is 5.32 Å². The quantitative estimate of drug-likeness (QED) is 0.205. The summed E-state index contributed by atoms with van der Waals surface area (Å²) in [5, 5.41) is 3.47. The van der Waals surface area contributed by atoms with Crippen LogP contribution in [0.15, 0.2) is 0 Å². The second-order valence-electron chi connectivity index (χ2n) is 8.22. The van der Waals surface area contributed by atoms with E-state index in [9.17, 15) is 4.57 Å². The molecule has 4 nitrogen and oxygen atoms in total. The highest BCUT2D eigenvalue weighted by Crippen LogP contribution is 2.54. The van der Waals surface area contributed by atoms with E-state index in [2.05, 4.69) is 46.9 Å². The fourth-order valence-electron chi connectivity index (χ4n) is 3.39. The van der Waals surface area contributed by atoms with Crippen LogP contribution in [0.4, 0.5) is 0 Å². The van der Waals surface area contributed by atoms with Crippen LogP contribution in [0.3, 0.4) is 0 Å². The molecule has 170 valence electrons. The molecule has 0 amide bonds. The van der Waals surface area contributed by atoms with Gasteiger partial charge in [-0.1, -0.05) is 86.5 Å². The summed E-state index contributed by atoms with van der Waals surface area (Å²) in [5.41, 5.74) is 0. The van der Waals surface area contributed by atoms with Crippen molar-refractivity contribution in [3.05, 3.63) is 0 Å². The highest BCUT2D eigenvalue weighted by atomic mass is 31.2. The van der Waals surface area contributed by atoms with Crippen LogP contribution in [-0.2, 0) is 13.6 Å². The maximum Gasteiger partial charge on any atom is 0.347 e. The van der Waals surface area contributed by atoms with Gasteiger partial charge in [0.1, 0.15) is 5.78 Å². The molecule has 28 heavy (non-hydrogen) atoms. The van der Waals surface area contributed by atoms with Crippen molar-refractivity contribution in [2.45, 2.75) is 118 Å². The Morgan fingerprint density at radius 2 is 1.21 bits per heavy atom. The Bertz CT molecular complexity index is 368. The molecule has 1 N–H and O–H groups in total. The van der Waals surface area contributed by atoms with Crippen molar-refractivity contribution in [1.29, 1.82) is 0 Å². The van der Waals surface area contributed by atoms with Gasteiger partial charge in [0.25, 0.3) is 0 Å². The minimum Gasteiger partial charge on any atom is -0.307 e. The van der Waals surface area contributed by atoms with Crippen LogP contribution in [0.5, 0.6) is 0 Å². The average molecular weight is 420 g/mol. The fourth-order valence-corrected chi connectivity index (χ4v) is 5.59. The van der Waals surface area contributed by atoms with Gasteiger partial charge >= 0.3 is 7.60 Å². The molecule has 0 spiro atoms. The van der Waals surface area contributed by atoms with Gasteiger partial charge in [-0.2, -0.15) is 0 Å². The first-order valence-corrected chi connectivity index (χ1v) is 13.7. The third kappa shape index (κ3) is 12.0. The van der Waals surface area contributed by atoms with Crippen molar-refractivity contribution in [2.24, 2.45) is 11.8 Å². The van der Waals surface area contributed by atoms with Gasteiger partial charge in [0.05, 0.1) is 13.2 Å². The van der Waals surface area contributed by atoms with E-state index in [0.717, 1.165) is 51.5 Å². The standard InChI is InChI=1S/C23H50NO3P/c1-7-13-16-21(11-5)19-26-28(25,23(15-9-3)24-18-10-4)27-20-22(12-6)17-14-8-2/h21-24H,7-20H2,1-6H3. The van der Waals surface area contributed by atoms with Crippen LogP contribution in [0.25, 0.3) is 0 Å². The van der Waals surface area contributed by atoms with Crippen molar-refractivity contribution < 1.29 is 13.6 Å². The van der Waals surface area contributed by atoms with Gasteiger partial charge in [-0.05, 0) is 44.1 Å². The summed E-state index contributed by atoms with van der Waals surface area (Å²) in [6.07, 6.45) is 12.0. The molecule has 0 heterocycles. The molecule has 0 fully saturated rings. The van der Waals surface area contributed by atoms with Gasteiger partial charge in [-0.3, -0.25) is 4.57 Å². The van der Waals surface area contributed by atoms with Crippen LogP contribution in [0.2, 0.25) is 0 Å². The van der Waals surface area contributed by atoms with Crippen molar-refractivity contribution in [3.8, 4) is 0 Å². The van der Waals surface area contributed by atoms with E-state index >= 15 is 0 Å². The Balaban J connectivity index is 5.16. The number of rotatable bonds is 20. The SMILES string of the molecule is CCCCC(CC)COP(=O)(OCC(CC)CCCC)C(CCC)NCCC. The van der Waals surface area contributed by atoms with Crippen molar-refractivity contribution in [2.75, 3.05) is 19.8 Å². The number of unbranched alkanes of at least 4 members (excludes halogenated alkanes) is 2. The van der Waals surface area contributed by atoms with Crippen LogP contribution in [-0.4, -0.2) is 25.5 Å². The van der Waals surface area contributed by atoms with Crippen LogP contribution in [0, 0.1) is 11.8 Å². The Hall–Kier alpha value is 0.110. The van der Waals surface area contributed by atoms with Gasteiger partial charge in [0.2, 0.25) is 0 Å². The lowest BCUT2D eigenvalue weighted by atomic mass is 10.0. The number of hydrogen-bond donors (Lipinski definition) is 1. The van der Waals surface area contributed by atoms with Gasteiger partial charge in [0, 0.05) is 0 Å². The first-order valence-electron chi connectivity index (χ1n) is 12.1. The molecule has 0 aliphatic heterocycles.